The zero-order chi connectivity index (χ0) is 12.8. The highest BCUT2D eigenvalue weighted by molar-refractivity contribution is 5.29. The van der Waals surface area contributed by atoms with E-state index >= 15 is 0 Å². The predicted octanol–water partition coefficient (Wildman–Crippen LogP) is 3.96. The van der Waals surface area contributed by atoms with E-state index in [0.29, 0.717) is 5.41 Å². The average Bonchev–Trinajstić information content (AvgIpc) is 3.20. The molecule has 18 heavy (non-hydrogen) atoms. The summed E-state index contributed by atoms with van der Waals surface area (Å²) in [5.74, 6) is 1.78. The summed E-state index contributed by atoms with van der Waals surface area (Å²) in [6.07, 6.45) is 4.28. The van der Waals surface area contributed by atoms with E-state index in [1.807, 2.05) is 0 Å². The lowest BCUT2D eigenvalue weighted by Gasteiger charge is -2.25. The fourth-order valence-electron chi connectivity index (χ4n) is 3.22. The molecule has 0 aromatic heterocycles. The van der Waals surface area contributed by atoms with Crippen molar-refractivity contribution in [2.24, 2.45) is 11.3 Å². The molecule has 1 heteroatoms. The van der Waals surface area contributed by atoms with Gasteiger partial charge in [-0.15, -0.1) is 0 Å². The minimum atomic E-state index is 0.257. The summed E-state index contributed by atoms with van der Waals surface area (Å²) >= 11 is 0. The van der Waals surface area contributed by atoms with Crippen LogP contribution in [0, 0.1) is 11.3 Å². The van der Waals surface area contributed by atoms with Gasteiger partial charge in [0.25, 0.3) is 0 Å². The third-order valence-electron chi connectivity index (χ3n) is 4.67. The van der Waals surface area contributed by atoms with E-state index in [2.05, 4.69) is 56.4 Å². The lowest BCUT2D eigenvalue weighted by atomic mass is 9.95. The fourth-order valence-corrected chi connectivity index (χ4v) is 3.22. The second kappa shape index (κ2) is 4.09. The molecule has 0 heterocycles. The Hall–Kier alpha value is -0.820. The van der Waals surface area contributed by atoms with Gasteiger partial charge in [0.05, 0.1) is 0 Å². The molecule has 0 radical (unpaired) electrons. The van der Waals surface area contributed by atoms with Gasteiger partial charge in [-0.25, -0.2) is 0 Å². The maximum Gasteiger partial charge on any atom is 0.00967 e. The molecule has 1 aromatic carbocycles. The summed E-state index contributed by atoms with van der Waals surface area (Å²) in [4.78, 5) is 0. The number of nitrogens with one attached hydrogen (secondary N) is 1. The van der Waals surface area contributed by atoms with Crippen molar-refractivity contribution in [2.45, 2.75) is 51.5 Å². The Bertz CT molecular complexity index is 411. The minimum Gasteiger partial charge on any atom is -0.312 e. The van der Waals surface area contributed by atoms with Crippen molar-refractivity contribution in [3.63, 3.8) is 0 Å². The van der Waals surface area contributed by atoms with Gasteiger partial charge in [0.15, 0.2) is 0 Å². The van der Waals surface area contributed by atoms with Gasteiger partial charge in [0.2, 0.25) is 0 Å². The molecule has 98 valence electrons. The topological polar surface area (TPSA) is 12.0 Å². The molecule has 2 atom stereocenters. The van der Waals surface area contributed by atoms with Crippen LogP contribution in [-0.2, 0) is 0 Å². The van der Waals surface area contributed by atoms with Crippen LogP contribution in [0.2, 0.25) is 0 Å². The molecule has 0 amide bonds. The predicted molar refractivity (Wildman–Crippen MR) is 76.7 cm³/mol. The van der Waals surface area contributed by atoms with Crippen LogP contribution < -0.4 is 5.32 Å². The van der Waals surface area contributed by atoms with Crippen molar-refractivity contribution >= 4 is 0 Å². The van der Waals surface area contributed by atoms with Gasteiger partial charge in [-0.3, -0.25) is 0 Å². The summed E-state index contributed by atoms with van der Waals surface area (Å²) in [5, 5.41) is 3.72. The smallest absolute Gasteiger partial charge is 0.00967 e. The molecule has 0 saturated heterocycles. The van der Waals surface area contributed by atoms with Crippen LogP contribution in [0.15, 0.2) is 30.3 Å². The summed E-state index contributed by atoms with van der Waals surface area (Å²) in [6.45, 7) is 8.02. The van der Waals surface area contributed by atoms with Gasteiger partial charge in [-0.05, 0) is 62.8 Å². The van der Waals surface area contributed by atoms with Crippen LogP contribution >= 0.6 is 0 Å². The van der Waals surface area contributed by atoms with Crippen LogP contribution in [0.1, 0.15) is 51.5 Å². The van der Waals surface area contributed by atoms with Crippen molar-refractivity contribution in [3.8, 4) is 0 Å². The first-order chi connectivity index (χ1) is 8.50. The van der Waals surface area contributed by atoms with Crippen LogP contribution in [0.25, 0.3) is 0 Å². The monoisotopic (exact) mass is 243 g/mol. The van der Waals surface area contributed by atoms with Crippen LogP contribution in [0.4, 0.5) is 0 Å². The zero-order valence-electron chi connectivity index (χ0n) is 11.9. The van der Waals surface area contributed by atoms with Crippen molar-refractivity contribution in [1.82, 2.24) is 5.32 Å². The van der Waals surface area contributed by atoms with Crippen LogP contribution in [-0.4, -0.2) is 12.1 Å². The largest absolute Gasteiger partial charge is 0.312 e. The molecule has 2 aliphatic rings. The Morgan fingerprint density at radius 1 is 1.17 bits per heavy atom. The SMILES string of the molecule is CC(C)(C)NCC1(C2CC2c2ccccc2)CC1. The number of rotatable bonds is 4. The third-order valence-corrected chi connectivity index (χ3v) is 4.67. The number of hydrogen-bond donors (Lipinski definition) is 1. The highest BCUT2D eigenvalue weighted by Gasteiger charge is 2.59. The van der Waals surface area contributed by atoms with Crippen molar-refractivity contribution in [1.29, 1.82) is 0 Å². The number of benzene rings is 1. The normalized spacial score (nSPS) is 29.1. The first kappa shape index (κ1) is 12.2. The molecule has 1 N–H and O–H groups in total. The van der Waals surface area contributed by atoms with Gasteiger partial charge in [0, 0.05) is 12.1 Å². The van der Waals surface area contributed by atoms with Crippen LogP contribution in [0.5, 0.6) is 0 Å². The zero-order valence-corrected chi connectivity index (χ0v) is 11.9. The molecule has 1 nitrogen and oxygen atoms in total. The van der Waals surface area contributed by atoms with Gasteiger partial charge in [-0.1, -0.05) is 30.3 Å². The van der Waals surface area contributed by atoms with E-state index in [1.54, 1.807) is 5.56 Å². The molecule has 3 rings (SSSR count). The van der Waals surface area contributed by atoms with E-state index in [9.17, 15) is 0 Å². The van der Waals surface area contributed by atoms with E-state index in [0.717, 1.165) is 11.8 Å². The Morgan fingerprint density at radius 2 is 1.83 bits per heavy atom. The van der Waals surface area contributed by atoms with Crippen molar-refractivity contribution < 1.29 is 0 Å². The maximum absolute atomic E-state index is 3.72. The summed E-state index contributed by atoms with van der Waals surface area (Å²) < 4.78 is 0. The van der Waals surface area contributed by atoms with Gasteiger partial charge < -0.3 is 5.32 Å². The standard InChI is InChI=1S/C17H25N/c1-16(2,3)18-12-17(9-10-17)15-11-14(15)13-7-5-4-6-8-13/h4-8,14-15,18H,9-12H2,1-3H3. The second-order valence-corrected chi connectivity index (χ2v) is 7.33. The first-order valence-electron chi connectivity index (χ1n) is 7.30. The molecular weight excluding hydrogens is 218 g/mol. The number of hydrogen-bond acceptors (Lipinski definition) is 1. The molecule has 0 spiro atoms. The van der Waals surface area contributed by atoms with E-state index in [1.165, 1.54) is 25.8 Å². The summed E-state index contributed by atoms with van der Waals surface area (Å²) in [7, 11) is 0. The summed E-state index contributed by atoms with van der Waals surface area (Å²) in [5.41, 5.74) is 2.45. The Labute approximate surface area is 111 Å². The lowest BCUT2D eigenvalue weighted by Crippen LogP contribution is -2.40. The van der Waals surface area contributed by atoms with E-state index in [4.69, 9.17) is 0 Å². The van der Waals surface area contributed by atoms with Crippen molar-refractivity contribution in [3.05, 3.63) is 35.9 Å². The van der Waals surface area contributed by atoms with Gasteiger partial charge >= 0.3 is 0 Å². The molecule has 2 fully saturated rings. The fraction of sp³-hybridized carbons (Fsp3) is 0.647. The summed E-state index contributed by atoms with van der Waals surface area (Å²) in [6, 6.07) is 11.1. The molecule has 0 aliphatic heterocycles. The Morgan fingerprint density at radius 3 is 2.39 bits per heavy atom. The van der Waals surface area contributed by atoms with Gasteiger partial charge in [0.1, 0.15) is 0 Å². The quantitative estimate of drug-likeness (QED) is 0.844. The molecule has 1 aromatic rings. The second-order valence-electron chi connectivity index (χ2n) is 7.33. The minimum absolute atomic E-state index is 0.257. The van der Waals surface area contributed by atoms with E-state index in [-0.39, 0.29) is 5.54 Å². The van der Waals surface area contributed by atoms with E-state index < -0.39 is 0 Å². The maximum atomic E-state index is 3.72. The van der Waals surface area contributed by atoms with Gasteiger partial charge in [-0.2, -0.15) is 0 Å². The Balaban J connectivity index is 1.61. The first-order valence-corrected chi connectivity index (χ1v) is 7.30. The highest BCUT2D eigenvalue weighted by atomic mass is 15.0. The highest BCUT2D eigenvalue weighted by Crippen LogP contribution is 2.67. The molecule has 2 unspecified atom stereocenters. The van der Waals surface area contributed by atoms with Crippen molar-refractivity contribution in [2.75, 3.05) is 6.54 Å². The third kappa shape index (κ3) is 2.47. The average molecular weight is 243 g/mol. The Kier molecular flexibility index (Phi) is 2.78. The lowest BCUT2D eigenvalue weighted by molar-refractivity contribution is 0.328. The molecular formula is C17H25N. The molecule has 2 saturated carbocycles. The molecule has 0 bridgehead atoms. The molecule has 2 aliphatic carbocycles. The van der Waals surface area contributed by atoms with Crippen LogP contribution in [0.3, 0.4) is 0 Å².